The molecule has 0 unspecified atom stereocenters. The summed E-state index contributed by atoms with van der Waals surface area (Å²) in [6.07, 6.45) is 0. The van der Waals surface area contributed by atoms with Crippen molar-refractivity contribution in [1.82, 2.24) is 0 Å². The minimum atomic E-state index is -0.619. The molecule has 0 aliphatic rings. The third-order valence-electron chi connectivity index (χ3n) is 3.93. The van der Waals surface area contributed by atoms with Crippen LogP contribution in [0.1, 0.15) is 16.7 Å². The predicted octanol–water partition coefficient (Wildman–Crippen LogP) is -0.923. The van der Waals surface area contributed by atoms with E-state index in [0.29, 0.717) is 0 Å². The molecule has 0 spiro atoms. The van der Waals surface area contributed by atoms with Gasteiger partial charge < -0.3 is 29.9 Å². The zero-order valence-electron chi connectivity index (χ0n) is 15.1. The van der Waals surface area contributed by atoms with Gasteiger partial charge in [-0.25, -0.2) is 0 Å². The Morgan fingerprint density at radius 1 is 0.654 bits per heavy atom. The van der Waals surface area contributed by atoms with Crippen LogP contribution in [0.3, 0.4) is 0 Å². The van der Waals surface area contributed by atoms with Crippen molar-refractivity contribution < 1.29 is 46.5 Å². The van der Waals surface area contributed by atoms with Gasteiger partial charge in [-0.1, -0.05) is 78.4 Å². The Morgan fingerprint density at radius 3 is 1.42 bits per heavy atom. The summed E-state index contributed by atoms with van der Waals surface area (Å²) in [7, 11) is -0.619. The number of aryl methyl sites for hydroxylation is 3. The second-order valence-electron chi connectivity index (χ2n) is 5.89. The molecule has 0 bridgehead atoms. The first-order chi connectivity index (χ1) is 11.1. The molecular formula is C21H22Cl2NPTi. The number of anilines is 1. The Morgan fingerprint density at radius 2 is 1.04 bits per heavy atom. The van der Waals surface area contributed by atoms with Gasteiger partial charge in [0, 0.05) is 16.3 Å². The molecule has 0 aromatic heterocycles. The summed E-state index contributed by atoms with van der Waals surface area (Å²) >= 11 is 0. The zero-order chi connectivity index (χ0) is 16.2. The molecule has 0 radical (unpaired) electrons. The van der Waals surface area contributed by atoms with E-state index in [2.05, 4.69) is 98.7 Å². The van der Waals surface area contributed by atoms with Gasteiger partial charge in [0.2, 0.25) is 0 Å². The molecule has 0 aliphatic heterocycles. The van der Waals surface area contributed by atoms with E-state index < -0.39 is 8.07 Å². The minimum Gasteiger partial charge on any atom is -1.00 e. The quantitative estimate of drug-likeness (QED) is 0.411. The summed E-state index contributed by atoms with van der Waals surface area (Å²) in [6.45, 7) is 6.53. The average Bonchev–Trinajstić information content (AvgIpc) is 2.56. The zero-order valence-corrected chi connectivity index (χ0v) is 19.1. The molecule has 0 atom stereocenters. The van der Waals surface area contributed by atoms with Gasteiger partial charge in [0.25, 0.3) is 0 Å². The minimum absolute atomic E-state index is 0. The number of hydrogen-bond acceptors (Lipinski definition) is 1. The normalized spacial score (nSPS) is 9.54. The standard InChI is InChI=1S/C21H22NP.2ClH.Ti/c1-16-14-17(2)21(18(3)15-16)22-23(19-10-6-4-7-11-19)20-12-8-5-9-13-20;;;/h4-15,22H,1-3H3;2*1H;/q;;;+2/p-2. The molecular weight excluding hydrogens is 416 g/mol. The second kappa shape index (κ2) is 11.8. The Bertz CT molecular complexity index is 735. The van der Waals surface area contributed by atoms with Crippen LogP contribution in [0.5, 0.6) is 0 Å². The summed E-state index contributed by atoms with van der Waals surface area (Å²) in [5, 5.41) is 6.52. The van der Waals surface area contributed by atoms with Crippen LogP contribution in [-0.2, 0) is 21.7 Å². The van der Waals surface area contributed by atoms with Gasteiger partial charge >= 0.3 is 21.7 Å². The van der Waals surface area contributed by atoms with Crippen LogP contribution in [-0.4, -0.2) is 0 Å². The number of nitrogens with one attached hydrogen (secondary N) is 1. The summed E-state index contributed by atoms with van der Waals surface area (Å²) in [4.78, 5) is 0. The number of hydrogen-bond donors (Lipinski definition) is 1. The Hall–Kier alpha value is -0.816. The van der Waals surface area contributed by atoms with Crippen molar-refractivity contribution in [3.05, 3.63) is 89.5 Å². The smallest absolute Gasteiger partial charge is 1.00 e. The van der Waals surface area contributed by atoms with Crippen LogP contribution in [0.15, 0.2) is 72.8 Å². The van der Waals surface area contributed by atoms with E-state index in [4.69, 9.17) is 0 Å². The largest absolute Gasteiger partial charge is 2.00 e. The number of halogens is 2. The fourth-order valence-electron chi connectivity index (χ4n) is 2.90. The van der Waals surface area contributed by atoms with Crippen LogP contribution in [0, 0.1) is 20.8 Å². The van der Waals surface area contributed by atoms with Gasteiger partial charge in [-0.3, -0.25) is 0 Å². The monoisotopic (exact) mass is 437 g/mol. The third kappa shape index (κ3) is 6.12. The van der Waals surface area contributed by atoms with E-state index in [1.54, 1.807) is 0 Å². The molecule has 3 aromatic rings. The van der Waals surface area contributed by atoms with E-state index >= 15 is 0 Å². The molecule has 0 fully saturated rings. The van der Waals surface area contributed by atoms with Crippen molar-refractivity contribution in [2.24, 2.45) is 0 Å². The van der Waals surface area contributed by atoms with Crippen molar-refractivity contribution >= 4 is 24.4 Å². The molecule has 5 heteroatoms. The van der Waals surface area contributed by atoms with E-state index in [-0.39, 0.29) is 46.5 Å². The van der Waals surface area contributed by atoms with Crippen molar-refractivity contribution in [3.8, 4) is 0 Å². The SMILES string of the molecule is Cc1cc(C)c(NP(c2ccccc2)c2ccccc2)c(C)c1.[Cl-].[Cl-].[Ti+2]. The molecule has 0 amide bonds. The van der Waals surface area contributed by atoms with Crippen molar-refractivity contribution in [2.75, 3.05) is 5.09 Å². The number of benzene rings is 3. The van der Waals surface area contributed by atoms with E-state index in [1.165, 1.54) is 33.0 Å². The summed E-state index contributed by atoms with van der Waals surface area (Å²) in [6, 6.07) is 26.0. The first kappa shape index (κ1) is 25.2. The molecule has 1 N–H and O–H groups in total. The van der Waals surface area contributed by atoms with Crippen molar-refractivity contribution in [1.29, 1.82) is 0 Å². The van der Waals surface area contributed by atoms with Crippen molar-refractivity contribution in [3.63, 3.8) is 0 Å². The number of rotatable bonds is 4. The van der Waals surface area contributed by atoms with E-state index in [0.717, 1.165) is 0 Å². The fourth-order valence-corrected chi connectivity index (χ4v) is 4.97. The molecule has 3 aromatic carbocycles. The fraction of sp³-hybridized carbons (Fsp3) is 0.143. The molecule has 0 heterocycles. The van der Waals surface area contributed by atoms with E-state index in [9.17, 15) is 0 Å². The first-order valence-electron chi connectivity index (χ1n) is 7.90. The maximum absolute atomic E-state index is 3.84. The molecule has 1 nitrogen and oxygen atoms in total. The maximum Gasteiger partial charge on any atom is 2.00 e. The van der Waals surface area contributed by atoms with Crippen LogP contribution < -0.4 is 40.5 Å². The van der Waals surface area contributed by atoms with E-state index in [1.807, 2.05) is 0 Å². The second-order valence-corrected chi connectivity index (χ2v) is 7.82. The van der Waals surface area contributed by atoms with Crippen molar-refractivity contribution in [2.45, 2.75) is 20.8 Å². The maximum atomic E-state index is 3.84. The molecule has 0 saturated heterocycles. The van der Waals surface area contributed by atoms with Gasteiger partial charge in [-0.05, 0) is 31.9 Å². The third-order valence-corrected chi connectivity index (χ3v) is 6.01. The molecule has 0 aliphatic carbocycles. The van der Waals surface area contributed by atoms with Gasteiger partial charge in [0.1, 0.15) is 0 Å². The average molecular weight is 438 g/mol. The van der Waals surface area contributed by atoms with Crippen LogP contribution in [0.4, 0.5) is 5.69 Å². The van der Waals surface area contributed by atoms with Gasteiger partial charge in [0.05, 0.1) is 8.07 Å². The van der Waals surface area contributed by atoms with Crippen LogP contribution in [0.25, 0.3) is 0 Å². The first-order valence-corrected chi connectivity index (χ1v) is 9.24. The summed E-state index contributed by atoms with van der Waals surface area (Å²) in [5.41, 5.74) is 5.19. The van der Waals surface area contributed by atoms with Gasteiger partial charge in [-0.15, -0.1) is 0 Å². The Balaban J connectivity index is 0.00000208. The Kier molecular flexibility index (Phi) is 11.4. The van der Waals surface area contributed by atoms with Gasteiger partial charge in [-0.2, -0.15) is 0 Å². The van der Waals surface area contributed by atoms with Gasteiger partial charge in [0.15, 0.2) is 0 Å². The molecule has 0 saturated carbocycles. The summed E-state index contributed by atoms with van der Waals surface area (Å²) < 4.78 is 0. The summed E-state index contributed by atoms with van der Waals surface area (Å²) in [5.74, 6) is 0. The molecule has 26 heavy (non-hydrogen) atoms. The van der Waals surface area contributed by atoms with Crippen LogP contribution in [0.2, 0.25) is 0 Å². The Labute approximate surface area is 185 Å². The van der Waals surface area contributed by atoms with Crippen LogP contribution >= 0.6 is 8.07 Å². The predicted molar refractivity (Wildman–Crippen MR) is 103 cm³/mol. The molecule has 3 rings (SSSR count). The molecule has 134 valence electrons. The topological polar surface area (TPSA) is 12.0 Å².